The Labute approximate surface area is 96.1 Å². The molecule has 0 aromatic heterocycles. The van der Waals surface area contributed by atoms with Crippen molar-refractivity contribution < 1.29 is 0 Å². The van der Waals surface area contributed by atoms with Crippen LogP contribution in [0.4, 0.5) is 5.69 Å². The number of benzene rings is 1. The third-order valence-electron chi connectivity index (χ3n) is 4.00. The Bertz CT molecular complexity index is 413. The Kier molecular flexibility index (Phi) is 2.13. The molecule has 0 amide bonds. The van der Waals surface area contributed by atoms with Gasteiger partial charge in [-0.1, -0.05) is 0 Å². The van der Waals surface area contributed by atoms with E-state index in [-0.39, 0.29) is 0 Å². The molecule has 0 unspecified atom stereocenters. The number of hydrogen-bond acceptors (Lipinski definition) is 2. The molecule has 2 heteroatoms. The van der Waals surface area contributed by atoms with Gasteiger partial charge in [0.15, 0.2) is 0 Å². The highest BCUT2D eigenvalue weighted by atomic mass is 32.1. The standard InChI is InChI=1S/C13H15NS/c1-8-9-4-2-6-11(9)13(14-15)12-7-3-5-10(8)12/h2-7H2,1H3. The predicted octanol–water partition coefficient (Wildman–Crippen LogP) is 3.33. The van der Waals surface area contributed by atoms with Crippen LogP contribution in [0, 0.1) is 6.92 Å². The van der Waals surface area contributed by atoms with Gasteiger partial charge in [-0.3, -0.25) is 0 Å². The maximum atomic E-state index is 4.97. The maximum absolute atomic E-state index is 4.97. The second kappa shape index (κ2) is 3.38. The van der Waals surface area contributed by atoms with Gasteiger partial charge < -0.3 is 0 Å². The molecule has 2 aliphatic rings. The molecule has 0 atom stereocenters. The fourth-order valence-electron chi connectivity index (χ4n) is 3.31. The van der Waals surface area contributed by atoms with Crippen LogP contribution in [-0.4, -0.2) is 0 Å². The van der Waals surface area contributed by atoms with E-state index in [1.165, 1.54) is 55.3 Å². The molecule has 0 radical (unpaired) electrons. The van der Waals surface area contributed by atoms with Crippen LogP contribution in [0.5, 0.6) is 0 Å². The fourth-order valence-corrected chi connectivity index (χ4v) is 3.53. The van der Waals surface area contributed by atoms with Crippen LogP contribution in [0.25, 0.3) is 0 Å². The van der Waals surface area contributed by atoms with E-state index in [0.717, 1.165) is 0 Å². The van der Waals surface area contributed by atoms with Crippen molar-refractivity contribution in [3.8, 4) is 0 Å². The van der Waals surface area contributed by atoms with Crippen LogP contribution in [0.1, 0.15) is 40.7 Å². The fraction of sp³-hybridized carbons (Fsp3) is 0.538. The zero-order chi connectivity index (χ0) is 10.4. The zero-order valence-corrected chi connectivity index (χ0v) is 9.91. The van der Waals surface area contributed by atoms with Crippen molar-refractivity contribution in [2.24, 2.45) is 4.36 Å². The molecule has 3 rings (SSSR count). The molecular formula is C13H15NS. The first-order chi connectivity index (χ1) is 7.33. The summed E-state index contributed by atoms with van der Waals surface area (Å²) in [5, 5.41) is 0. The van der Waals surface area contributed by atoms with E-state index in [9.17, 15) is 0 Å². The summed E-state index contributed by atoms with van der Waals surface area (Å²) in [5.74, 6) is 0. The van der Waals surface area contributed by atoms with Crippen molar-refractivity contribution in [2.45, 2.75) is 45.4 Å². The van der Waals surface area contributed by atoms with Crippen molar-refractivity contribution in [2.75, 3.05) is 0 Å². The molecule has 0 bridgehead atoms. The number of fused-ring (bicyclic) bond motifs is 2. The van der Waals surface area contributed by atoms with Crippen LogP contribution in [0.15, 0.2) is 4.36 Å². The highest BCUT2D eigenvalue weighted by molar-refractivity contribution is 7.47. The van der Waals surface area contributed by atoms with Crippen molar-refractivity contribution in [1.29, 1.82) is 0 Å². The quantitative estimate of drug-likeness (QED) is 0.703. The molecule has 15 heavy (non-hydrogen) atoms. The van der Waals surface area contributed by atoms with Gasteiger partial charge in [-0.15, -0.1) is 0 Å². The van der Waals surface area contributed by atoms with E-state index in [1.807, 2.05) is 0 Å². The van der Waals surface area contributed by atoms with E-state index in [2.05, 4.69) is 11.3 Å². The van der Waals surface area contributed by atoms with Gasteiger partial charge in [0, 0.05) is 12.4 Å². The Balaban J connectivity index is 2.35. The summed E-state index contributed by atoms with van der Waals surface area (Å²) < 4.78 is 4.14. The molecule has 0 heterocycles. The Morgan fingerprint density at radius 3 is 1.80 bits per heavy atom. The second-order valence-electron chi connectivity index (χ2n) is 4.69. The van der Waals surface area contributed by atoms with E-state index in [4.69, 9.17) is 12.4 Å². The van der Waals surface area contributed by atoms with Crippen molar-refractivity contribution in [3.05, 3.63) is 27.8 Å². The molecule has 2 aliphatic carbocycles. The van der Waals surface area contributed by atoms with Gasteiger partial charge in [-0.25, -0.2) is 0 Å². The summed E-state index contributed by atoms with van der Waals surface area (Å²) in [5.41, 5.74) is 8.82. The van der Waals surface area contributed by atoms with E-state index in [1.54, 1.807) is 16.7 Å². The normalized spacial score (nSPS) is 17.7. The predicted molar refractivity (Wildman–Crippen MR) is 64.7 cm³/mol. The van der Waals surface area contributed by atoms with Gasteiger partial charge in [-0.05, 0) is 73.3 Å². The first-order valence-electron chi connectivity index (χ1n) is 5.82. The summed E-state index contributed by atoms with van der Waals surface area (Å²) in [6.07, 6.45) is 7.45. The monoisotopic (exact) mass is 217 g/mol. The smallest absolute Gasteiger partial charge is 0.0838 e. The molecule has 0 saturated heterocycles. The van der Waals surface area contributed by atoms with Gasteiger partial charge in [0.05, 0.1) is 5.69 Å². The van der Waals surface area contributed by atoms with Crippen LogP contribution in [0.3, 0.4) is 0 Å². The third-order valence-corrected chi connectivity index (χ3v) is 4.19. The van der Waals surface area contributed by atoms with Gasteiger partial charge in [0.1, 0.15) is 0 Å². The Hall–Kier alpha value is -0.760. The largest absolute Gasteiger partial charge is 0.181 e. The minimum Gasteiger partial charge on any atom is -0.181 e. The summed E-state index contributed by atoms with van der Waals surface area (Å²) >= 11 is 4.97. The van der Waals surface area contributed by atoms with Gasteiger partial charge >= 0.3 is 0 Å². The molecular weight excluding hydrogens is 202 g/mol. The summed E-state index contributed by atoms with van der Waals surface area (Å²) in [7, 11) is 0. The first kappa shape index (κ1) is 9.46. The van der Waals surface area contributed by atoms with E-state index in [0.29, 0.717) is 0 Å². The molecule has 0 aliphatic heterocycles. The summed E-state index contributed by atoms with van der Waals surface area (Å²) in [6.45, 7) is 2.29. The van der Waals surface area contributed by atoms with E-state index >= 15 is 0 Å². The van der Waals surface area contributed by atoms with Gasteiger partial charge in [0.25, 0.3) is 0 Å². The average Bonchev–Trinajstić information content (AvgIpc) is 2.85. The Morgan fingerprint density at radius 1 is 0.867 bits per heavy atom. The molecule has 0 N–H and O–H groups in total. The lowest BCUT2D eigenvalue weighted by Crippen LogP contribution is -1.97. The van der Waals surface area contributed by atoms with Crippen LogP contribution in [0.2, 0.25) is 0 Å². The molecule has 1 nitrogen and oxygen atoms in total. The number of nitrogens with zero attached hydrogens (tertiary/aromatic N) is 1. The molecule has 0 spiro atoms. The molecule has 1 aromatic carbocycles. The molecule has 78 valence electrons. The summed E-state index contributed by atoms with van der Waals surface area (Å²) in [6, 6.07) is 0. The van der Waals surface area contributed by atoms with Crippen molar-refractivity contribution in [3.63, 3.8) is 0 Å². The van der Waals surface area contributed by atoms with Crippen LogP contribution >= 0.6 is 0 Å². The topological polar surface area (TPSA) is 12.4 Å². The van der Waals surface area contributed by atoms with Gasteiger partial charge in [0.2, 0.25) is 0 Å². The lowest BCUT2D eigenvalue weighted by molar-refractivity contribution is 0.893. The highest BCUT2D eigenvalue weighted by Crippen LogP contribution is 2.42. The number of hydrogen-bond donors (Lipinski definition) is 0. The maximum Gasteiger partial charge on any atom is 0.0838 e. The number of rotatable bonds is 1. The van der Waals surface area contributed by atoms with E-state index < -0.39 is 0 Å². The lowest BCUT2D eigenvalue weighted by Gasteiger charge is -2.14. The first-order valence-corrected chi connectivity index (χ1v) is 6.19. The zero-order valence-electron chi connectivity index (χ0n) is 9.10. The van der Waals surface area contributed by atoms with Gasteiger partial charge in [-0.2, -0.15) is 4.36 Å². The Morgan fingerprint density at radius 2 is 1.33 bits per heavy atom. The van der Waals surface area contributed by atoms with Crippen LogP contribution in [-0.2, 0) is 38.1 Å². The van der Waals surface area contributed by atoms with Crippen molar-refractivity contribution in [1.82, 2.24) is 0 Å². The molecule has 1 aromatic rings. The molecule has 0 saturated carbocycles. The lowest BCUT2D eigenvalue weighted by atomic mass is 9.93. The highest BCUT2D eigenvalue weighted by Gasteiger charge is 2.26. The minimum atomic E-state index is 1.18. The minimum absolute atomic E-state index is 1.18. The van der Waals surface area contributed by atoms with Crippen molar-refractivity contribution >= 4 is 18.1 Å². The summed E-state index contributed by atoms with van der Waals surface area (Å²) in [4.78, 5) is 0. The second-order valence-corrected chi connectivity index (χ2v) is 4.87. The molecule has 0 fully saturated rings. The average molecular weight is 217 g/mol. The van der Waals surface area contributed by atoms with Crippen LogP contribution < -0.4 is 0 Å². The SMILES string of the molecule is Cc1c2c(c(N=S)c3c1CCC3)CCC2. The third kappa shape index (κ3) is 1.21.